The van der Waals surface area contributed by atoms with Gasteiger partial charge in [-0.1, -0.05) is 41.9 Å². The molecule has 0 saturated heterocycles. The Labute approximate surface area is 107 Å². The fourth-order valence-corrected chi connectivity index (χ4v) is 2.52. The molecular formula is C14H20BrN. The van der Waals surface area contributed by atoms with Crippen LogP contribution in [-0.4, -0.2) is 13.1 Å². The van der Waals surface area contributed by atoms with E-state index in [0.29, 0.717) is 5.92 Å². The Bertz CT molecular complexity index is 350. The van der Waals surface area contributed by atoms with Gasteiger partial charge in [-0.15, -0.1) is 0 Å². The van der Waals surface area contributed by atoms with E-state index >= 15 is 0 Å². The van der Waals surface area contributed by atoms with Crippen molar-refractivity contribution < 1.29 is 0 Å². The molecule has 1 N–H and O–H groups in total. The molecule has 1 aromatic carbocycles. The zero-order chi connectivity index (χ0) is 11.5. The van der Waals surface area contributed by atoms with E-state index in [2.05, 4.69) is 59.4 Å². The van der Waals surface area contributed by atoms with Gasteiger partial charge >= 0.3 is 0 Å². The minimum atomic E-state index is 0.589. The van der Waals surface area contributed by atoms with Gasteiger partial charge in [0.2, 0.25) is 0 Å². The summed E-state index contributed by atoms with van der Waals surface area (Å²) >= 11 is 3.52. The van der Waals surface area contributed by atoms with Gasteiger partial charge in [0.25, 0.3) is 0 Å². The first-order valence-corrected chi connectivity index (χ1v) is 6.92. The first-order chi connectivity index (χ1) is 7.66. The van der Waals surface area contributed by atoms with Crippen molar-refractivity contribution in [2.75, 3.05) is 13.1 Å². The lowest BCUT2D eigenvalue weighted by Crippen LogP contribution is -2.22. The second kappa shape index (κ2) is 5.33. The van der Waals surface area contributed by atoms with E-state index in [0.717, 1.165) is 18.4 Å². The molecule has 1 nitrogen and oxygen atoms in total. The molecule has 0 aromatic heterocycles. The lowest BCUT2D eigenvalue weighted by atomic mass is 10.0. The van der Waals surface area contributed by atoms with Crippen LogP contribution in [0.4, 0.5) is 0 Å². The van der Waals surface area contributed by atoms with E-state index in [1.165, 1.54) is 23.0 Å². The van der Waals surface area contributed by atoms with Crippen LogP contribution >= 0.6 is 15.9 Å². The topological polar surface area (TPSA) is 12.0 Å². The highest BCUT2D eigenvalue weighted by Gasteiger charge is 2.31. The summed E-state index contributed by atoms with van der Waals surface area (Å²) in [6.07, 6.45) is 1.41. The molecule has 1 fully saturated rings. The summed E-state index contributed by atoms with van der Waals surface area (Å²) in [4.78, 5) is 0. The molecule has 1 saturated carbocycles. The molecule has 0 amide bonds. The first-order valence-electron chi connectivity index (χ1n) is 6.13. The molecule has 3 unspecified atom stereocenters. The highest BCUT2D eigenvalue weighted by Crippen LogP contribution is 2.36. The van der Waals surface area contributed by atoms with Gasteiger partial charge in [0.1, 0.15) is 0 Å². The average Bonchev–Trinajstić information content (AvgIpc) is 2.94. The standard InChI is InChI=1S/C14H20BrN/c1-10-6-13(10)9-16-8-11(2)12-4-3-5-14(15)7-12/h3-5,7,10-11,13,16H,6,8-9H2,1-2H3. The van der Waals surface area contributed by atoms with Gasteiger partial charge in [-0.3, -0.25) is 0 Å². The van der Waals surface area contributed by atoms with Gasteiger partial charge in [0.15, 0.2) is 0 Å². The fraction of sp³-hybridized carbons (Fsp3) is 0.571. The van der Waals surface area contributed by atoms with Gasteiger partial charge in [-0.2, -0.15) is 0 Å². The van der Waals surface area contributed by atoms with Crippen molar-refractivity contribution in [3.8, 4) is 0 Å². The molecule has 2 rings (SSSR count). The normalized spacial score (nSPS) is 25.4. The highest BCUT2D eigenvalue weighted by atomic mass is 79.9. The molecule has 1 aliphatic carbocycles. The summed E-state index contributed by atoms with van der Waals surface area (Å²) in [5, 5.41) is 3.58. The summed E-state index contributed by atoms with van der Waals surface area (Å²) in [7, 11) is 0. The smallest absolute Gasteiger partial charge is 0.0178 e. The van der Waals surface area contributed by atoms with Crippen molar-refractivity contribution in [1.29, 1.82) is 0 Å². The van der Waals surface area contributed by atoms with Crippen LogP contribution in [0.1, 0.15) is 31.7 Å². The average molecular weight is 282 g/mol. The Morgan fingerprint density at radius 3 is 2.88 bits per heavy atom. The molecule has 1 aliphatic rings. The lowest BCUT2D eigenvalue weighted by Gasteiger charge is -2.13. The van der Waals surface area contributed by atoms with E-state index in [1.807, 2.05) is 0 Å². The largest absolute Gasteiger partial charge is 0.316 e. The number of nitrogens with one attached hydrogen (secondary N) is 1. The Morgan fingerprint density at radius 2 is 2.25 bits per heavy atom. The van der Waals surface area contributed by atoms with E-state index in [1.54, 1.807) is 0 Å². The predicted molar refractivity (Wildman–Crippen MR) is 72.7 cm³/mol. The summed E-state index contributed by atoms with van der Waals surface area (Å²) in [5.41, 5.74) is 1.41. The van der Waals surface area contributed by atoms with Crippen molar-refractivity contribution in [2.45, 2.75) is 26.2 Å². The number of halogens is 1. The minimum Gasteiger partial charge on any atom is -0.316 e. The molecule has 1 aromatic rings. The fourth-order valence-electron chi connectivity index (χ4n) is 2.10. The van der Waals surface area contributed by atoms with Gasteiger partial charge in [0, 0.05) is 11.0 Å². The summed E-state index contributed by atoms with van der Waals surface area (Å²) in [6, 6.07) is 8.61. The van der Waals surface area contributed by atoms with Gasteiger partial charge in [-0.05, 0) is 48.4 Å². The maximum absolute atomic E-state index is 3.58. The predicted octanol–water partition coefficient (Wildman–Crippen LogP) is 3.80. The Morgan fingerprint density at radius 1 is 1.50 bits per heavy atom. The van der Waals surface area contributed by atoms with Crippen molar-refractivity contribution >= 4 is 15.9 Å². The quantitative estimate of drug-likeness (QED) is 0.866. The van der Waals surface area contributed by atoms with Gasteiger partial charge < -0.3 is 5.32 Å². The molecule has 0 bridgehead atoms. The molecule has 0 spiro atoms. The third kappa shape index (κ3) is 3.33. The van der Waals surface area contributed by atoms with Crippen LogP contribution < -0.4 is 5.32 Å². The SMILES string of the molecule is CC(CNCC1CC1C)c1cccc(Br)c1. The van der Waals surface area contributed by atoms with E-state index in [-0.39, 0.29) is 0 Å². The van der Waals surface area contributed by atoms with Crippen LogP contribution in [0.5, 0.6) is 0 Å². The molecule has 2 heteroatoms. The van der Waals surface area contributed by atoms with Crippen molar-refractivity contribution in [2.24, 2.45) is 11.8 Å². The summed E-state index contributed by atoms with van der Waals surface area (Å²) in [5.74, 6) is 2.48. The van der Waals surface area contributed by atoms with Crippen molar-refractivity contribution in [3.05, 3.63) is 34.3 Å². The minimum absolute atomic E-state index is 0.589. The number of hydrogen-bond donors (Lipinski definition) is 1. The molecule has 0 heterocycles. The van der Waals surface area contributed by atoms with Crippen molar-refractivity contribution in [1.82, 2.24) is 5.32 Å². The van der Waals surface area contributed by atoms with Gasteiger partial charge in [-0.25, -0.2) is 0 Å². The molecule has 0 aliphatic heterocycles. The van der Waals surface area contributed by atoms with Gasteiger partial charge in [0.05, 0.1) is 0 Å². The zero-order valence-electron chi connectivity index (χ0n) is 10.0. The van der Waals surface area contributed by atoms with Crippen molar-refractivity contribution in [3.63, 3.8) is 0 Å². The maximum Gasteiger partial charge on any atom is 0.0178 e. The Balaban J connectivity index is 1.76. The van der Waals surface area contributed by atoms with E-state index < -0.39 is 0 Å². The van der Waals surface area contributed by atoms with E-state index in [9.17, 15) is 0 Å². The Kier molecular flexibility index (Phi) is 4.04. The van der Waals surface area contributed by atoms with Crippen LogP contribution in [0, 0.1) is 11.8 Å². The second-order valence-electron chi connectivity index (χ2n) is 5.09. The molecule has 3 atom stereocenters. The van der Waals surface area contributed by atoms with Crippen LogP contribution in [0.2, 0.25) is 0 Å². The van der Waals surface area contributed by atoms with E-state index in [4.69, 9.17) is 0 Å². The molecular weight excluding hydrogens is 262 g/mol. The monoisotopic (exact) mass is 281 g/mol. The first kappa shape index (κ1) is 12.1. The second-order valence-corrected chi connectivity index (χ2v) is 6.00. The van der Waals surface area contributed by atoms with Crippen LogP contribution in [0.3, 0.4) is 0 Å². The summed E-state index contributed by atoms with van der Waals surface area (Å²) < 4.78 is 1.17. The highest BCUT2D eigenvalue weighted by molar-refractivity contribution is 9.10. The van der Waals surface area contributed by atoms with Crippen LogP contribution in [0.25, 0.3) is 0 Å². The zero-order valence-corrected chi connectivity index (χ0v) is 11.6. The molecule has 0 radical (unpaired) electrons. The molecule has 88 valence electrons. The number of hydrogen-bond acceptors (Lipinski definition) is 1. The molecule has 16 heavy (non-hydrogen) atoms. The summed E-state index contributed by atoms with van der Waals surface area (Å²) in [6.45, 7) is 6.90. The number of rotatable bonds is 5. The number of benzene rings is 1. The lowest BCUT2D eigenvalue weighted by molar-refractivity contribution is 0.572. The maximum atomic E-state index is 3.58. The van der Waals surface area contributed by atoms with Crippen LogP contribution in [0.15, 0.2) is 28.7 Å². The third-order valence-electron chi connectivity index (χ3n) is 3.55. The van der Waals surface area contributed by atoms with Crippen LogP contribution in [-0.2, 0) is 0 Å². The Hall–Kier alpha value is -0.340. The third-order valence-corrected chi connectivity index (χ3v) is 4.04.